The fraction of sp³-hybridized carbons (Fsp3) is 0.900. The molecule has 3 aliphatic carbocycles. The second-order valence-corrected chi connectivity index (χ2v) is 9.76. The number of carbonyl (C=O) groups excluding carboxylic acids is 2. The van der Waals surface area contributed by atoms with Crippen molar-refractivity contribution < 1.29 is 14.3 Å². The zero-order chi connectivity index (χ0) is 19.0. The SMILES string of the molecule is CC(C)(C)OC(=O)NCC1CCN(C(=O)C23CCC(N)(CC2)CC3)CC1. The quantitative estimate of drug-likeness (QED) is 0.805. The number of rotatable bonds is 3. The van der Waals surface area contributed by atoms with Crippen molar-refractivity contribution in [1.29, 1.82) is 0 Å². The Balaban J connectivity index is 1.44. The molecular formula is C20H35N3O3. The van der Waals surface area contributed by atoms with Crippen molar-refractivity contribution in [3.63, 3.8) is 0 Å². The molecule has 2 amide bonds. The van der Waals surface area contributed by atoms with Crippen LogP contribution in [0.5, 0.6) is 0 Å². The van der Waals surface area contributed by atoms with Gasteiger partial charge in [-0.1, -0.05) is 0 Å². The van der Waals surface area contributed by atoms with Crippen LogP contribution in [0.2, 0.25) is 0 Å². The van der Waals surface area contributed by atoms with Crippen LogP contribution >= 0.6 is 0 Å². The fourth-order valence-corrected chi connectivity index (χ4v) is 4.75. The Labute approximate surface area is 157 Å². The van der Waals surface area contributed by atoms with Gasteiger partial charge in [-0.05, 0) is 78.1 Å². The number of fused-ring (bicyclic) bond motifs is 3. The number of nitrogens with zero attached hydrogens (tertiary/aromatic N) is 1. The number of likely N-dealkylation sites (tertiary alicyclic amines) is 1. The van der Waals surface area contributed by atoms with Crippen molar-refractivity contribution in [3.05, 3.63) is 0 Å². The van der Waals surface area contributed by atoms with Crippen LogP contribution in [0, 0.1) is 11.3 Å². The average Bonchev–Trinajstić information content (AvgIpc) is 2.59. The van der Waals surface area contributed by atoms with E-state index in [1.165, 1.54) is 0 Å². The van der Waals surface area contributed by atoms with E-state index >= 15 is 0 Å². The van der Waals surface area contributed by atoms with E-state index in [4.69, 9.17) is 10.5 Å². The van der Waals surface area contributed by atoms with Crippen molar-refractivity contribution >= 4 is 12.0 Å². The zero-order valence-electron chi connectivity index (χ0n) is 16.6. The Morgan fingerprint density at radius 2 is 1.62 bits per heavy atom. The maximum atomic E-state index is 13.2. The highest BCUT2D eigenvalue weighted by molar-refractivity contribution is 5.83. The maximum absolute atomic E-state index is 13.2. The number of piperidine rings is 1. The summed E-state index contributed by atoms with van der Waals surface area (Å²) in [7, 11) is 0. The minimum Gasteiger partial charge on any atom is -0.444 e. The lowest BCUT2D eigenvalue weighted by molar-refractivity contribution is -0.150. The maximum Gasteiger partial charge on any atom is 0.407 e. The number of carbonyl (C=O) groups is 2. The van der Waals surface area contributed by atoms with Gasteiger partial charge in [0.15, 0.2) is 0 Å². The summed E-state index contributed by atoms with van der Waals surface area (Å²) in [5, 5.41) is 2.87. The number of alkyl carbamates (subject to hydrolysis) is 1. The Morgan fingerprint density at radius 1 is 1.08 bits per heavy atom. The van der Waals surface area contributed by atoms with E-state index < -0.39 is 5.60 Å². The number of hydrogen-bond donors (Lipinski definition) is 2. The molecule has 4 fully saturated rings. The van der Waals surface area contributed by atoms with Crippen LogP contribution in [-0.4, -0.2) is 47.7 Å². The van der Waals surface area contributed by atoms with Crippen molar-refractivity contribution in [2.75, 3.05) is 19.6 Å². The van der Waals surface area contributed by atoms with Crippen LogP contribution < -0.4 is 11.1 Å². The van der Waals surface area contributed by atoms with Crippen LogP contribution in [0.25, 0.3) is 0 Å². The molecule has 4 aliphatic rings. The normalized spacial score (nSPS) is 32.4. The predicted molar refractivity (Wildman–Crippen MR) is 101 cm³/mol. The second kappa shape index (κ2) is 7.02. The van der Waals surface area contributed by atoms with Crippen molar-refractivity contribution in [2.24, 2.45) is 17.1 Å². The first-order valence-electron chi connectivity index (χ1n) is 10.2. The van der Waals surface area contributed by atoms with E-state index in [2.05, 4.69) is 10.2 Å². The molecular weight excluding hydrogens is 330 g/mol. The molecule has 0 aromatic rings. The van der Waals surface area contributed by atoms with Gasteiger partial charge in [-0.3, -0.25) is 4.79 Å². The summed E-state index contributed by atoms with van der Waals surface area (Å²) in [5.74, 6) is 0.774. The molecule has 0 aromatic heterocycles. The second-order valence-electron chi connectivity index (χ2n) is 9.76. The first-order valence-corrected chi connectivity index (χ1v) is 10.2. The lowest BCUT2D eigenvalue weighted by Gasteiger charge is -2.52. The van der Waals surface area contributed by atoms with E-state index in [0.29, 0.717) is 18.4 Å². The molecule has 1 heterocycles. The van der Waals surface area contributed by atoms with Gasteiger partial charge in [0, 0.05) is 30.6 Å². The molecule has 3 saturated carbocycles. The predicted octanol–water partition coefficient (Wildman–Crippen LogP) is 2.80. The van der Waals surface area contributed by atoms with Gasteiger partial charge in [0.1, 0.15) is 5.60 Å². The number of ether oxygens (including phenoxy) is 1. The molecule has 26 heavy (non-hydrogen) atoms. The Bertz CT molecular complexity index is 522. The summed E-state index contributed by atoms with van der Waals surface area (Å²) in [6, 6.07) is 0. The number of nitrogens with one attached hydrogen (secondary N) is 1. The third-order valence-corrected chi connectivity index (χ3v) is 6.59. The summed E-state index contributed by atoms with van der Waals surface area (Å²) < 4.78 is 5.28. The molecule has 0 spiro atoms. The van der Waals surface area contributed by atoms with Gasteiger partial charge in [0.25, 0.3) is 0 Å². The molecule has 1 aliphatic heterocycles. The van der Waals surface area contributed by atoms with E-state index in [9.17, 15) is 9.59 Å². The molecule has 4 rings (SSSR count). The van der Waals surface area contributed by atoms with Gasteiger partial charge in [-0.2, -0.15) is 0 Å². The average molecular weight is 366 g/mol. The van der Waals surface area contributed by atoms with Gasteiger partial charge in [0.2, 0.25) is 5.91 Å². The summed E-state index contributed by atoms with van der Waals surface area (Å²) >= 11 is 0. The molecule has 3 N–H and O–H groups in total. The number of hydrogen-bond acceptors (Lipinski definition) is 4. The highest BCUT2D eigenvalue weighted by Crippen LogP contribution is 2.52. The van der Waals surface area contributed by atoms with E-state index in [-0.39, 0.29) is 17.0 Å². The molecule has 1 saturated heterocycles. The minimum atomic E-state index is -0.472. The summed E-state index contributed by atoms with van der Waals surface area (Å²) in [4.78, 5) is 27.0. The van der Waals surface area contributed by atoms with E-state index in [1.807, 2.05) is 20.8 Å². The smallest absolute Gasteiger partial charge is 0.407 e. The molecule has 0 unspecified atom stereocenters. The largest absolute Gasteiger partial charge is 0.444 e. The number of nitrogens with two attached hydrogens (primary N) is 1. The summed E-state index contributed by atoms with van der Waals surface area (Å²) in [6.07, 6.45) is 7.40. The van der Waals surface area contributed by atoms with Crippen LogP contribution in [0.4, 0.5) is 4.79 Å². The highest BCUT2D eigenvalue weighted by atomic mass is 16.6. The lowest BCUT2D eigenvalue weighted by atomic mass is 9.57. The third kappa shape index (κ3) is 4.33. The number of amides is 2. The van der Waals surface area contributed by atoms with Gasteiger partial charge < -0.3 is 20.7 Å². The van der Waals surface area contributed by atoms with Gasteiger partial charge in [0.05, 0.1) is 0 Å². The third-order valence-electron chi connectivity index (χ3n) is 6.59. The van der Waals surface area contributed by atoms with Crippen molar-refractivity contribution in [2.45, 2.75) is 83.3 Å². The molecule has 2 bridgehead atoms. The Kier molecular flexibility index (Phi) is 5.26. The first-order chi connectivity index (χ1) is 12.1. The van der Waals surface area contributed by atoms with Gasteiger partial charge in [-0.15, -0.1) is 0 Å². The van der Waals surface area contributed by atoms with Crippen LogP contribution in [0.15, 0.2) is 0 Å². The Hall–Kier alpha value is -1.30. The zero-order valence-corrected chi connectivity index (χ0v) is 16.6. The van der Waals surface area contributed by atoms with Crippen molar-refractivity contribution in [3.8, 4) is 0 Å². The van der Waals surface area contributed by atoms with E-state index in [1.54, 1.807) is 0 Å². The van der Waals surface area contributed by atoms with E-state index in [0.717, 1.165) is 64.5 Å². The molecule has 6 heteroatoms. The monoisotopic (exact) mass is 365 g/mol. The standard InChI is InChI=1S/C20H35N3O3/c1-18(2,3)26-17(25)22-14-15-4-12-23(13-5-15)16(24)19-6-9-20(21,10-7-19)11-8-19/h15H,4-14,21H2,1-3H3,(H,22,25). The molecule has 148 valence electrons. The van der Waals surface area contributed by atoms with Gasteiger partial charge >= 0.3 is 6.09 Å². The summed E-state index contributed by atoms with van der Waals surface area (Å²) in [6.45, 7) is 7.81. The molecule has 0 radical (unpaired) electrons. The van der Waals surface area contributed by atoms with Gasteiger partial charge in [-0.25, -0.2) is 4.79 Å². The molecule has 0 aromatic carbocycles. The first kappa shape index (κ1) is 19.5. The topological polar surface area (TPSA) is 84.7 Å². The molecule has 0 atom stereocenters. The van der Waals surface area contributed by atoms with Crippen molar-refractivity contribution in [1.82, 2.24) is 10.2 Å². The Morgan fingerprint density at radius 3 is 2.12 bits per heavy atom. The lowest BCUT2D eigenvalue weighted by Crippen LogP contribution is -2.58. The van der Waals surface area contributed by atoms with Crippen LogP contribution in [-0.2, 0) is 9.53 Å². The highest BCUT2D eigenvalue weighted by Gasteiger charge is 2.52. The minimum absolute atomic E-state index is 0.00234. The van der Waals surface area contributed by atoms with Crippen LogP contribution in [0.3, 0.4) is 0 Å². The van der Waals surface area contributed by atoms with Crippen LogP contribution in [0.1, 0.15) is 72.1 Å². The fourth-order valence-electron chi connectivity index (χ4n) is 4.75. The summed E-state index contributed by atoms with van der Waals surface area (Å²) in [5.41, 5.74) is 5.77. The molecule has 6 nitrogen and oxygen atoms in total.